The summed E-state index contributed by atoms with van der Waals surface area (Å²) in [5.41, 5.74) is 6.55. The van der Waals surface area contributed by atoms with E-state index in [9.17, 15) is 8.42 Å². The molecule has 0 bridgehead atoms. The second-order valence-electron chi connectivity index (χ2n) is 4.66. The maximum atomic E-state index is 11.7. The summed E-state index contributed by atoms with van der Waals surface area (Å²) in [5, 5.41) is 1.74. The largest absolute Gasteiger partial charge is 0.326 e. The van der Waals surface area contributed by atoms with Crippen molar-refractivity contribution in [1.29, 1.82) is 0 Å². The smallest absolute Gasteiger partial charge is 0.233 e. The van der Waals surface area contributed by atoms with Crippen LogP contribution >= 0.6 is 11.6 Å². The molecule has 0 aliphatic carbocycles. The van der Waals surface area contributed by atoms with Gasteiger partial charge in [0, 0.05) is 23.0 Å². The Morgan fingerprint density at radius 1 is 1.32 bits per heavy atom. The zero-order valence-corrected chi connectivity index (χ0v) is 12.6. The predicted molar refractivity (Wildman–Crippen MR) is 80.2 cm³/mol. The molecule has 1 atom stereocenters. The first kappa shape index (κ1) is 16.2. The lowest BCUT2D eigenvalue weighted by molar-refractivity contribution is 0.483. The quantitative estimate of drug-likeness (QED) is 0.846. The van der Waals surface area contributed by atoms with Crippen LogP contribution in [0.1, 0.15) is 19.4 Å². The highest BCUT2D eigenvalue weighted by atomic mass is 35.5. The van der Waals surface area contributed by atoms with E-state index in [1.165, 1.54) is 6.08 Å². The van der Waals surface area contributed by atoms with Crippen molar-refractivity contribution in [1.82, 2.24) is 4.72 Å². The lowest BCUT2D eigenvalue weighted by atomic mass is 10.1. The van der Waals surface area contributed by atoms with E-state index in [2.05, 4.69) is 4.72 Å². The fourth-order valence-electron chi connectivity index (χ4n) is 1.24. The van der Waals surface area contributed by atoms with Crippen LogP contribution in [0.15, 0.2) is 29.7 Å². The van der Waals surface area contributed by atoms with Crippen LogP contribution < -0.4 is 10.5 Å². The summed E-state index contributed by atoms with van der Waals surface area (Å²) >= 11 is 5.75. The first-order valence-corrected chi connectivity index (χ1v) is 7.91. The highest BCUT2D eigenvalue weighted by Gasteiger charge is 2.11. The zero-order valence-electron chi connectivity index (χ0n) is 11.0. The van der Waals surface area contributed by atoms with Crippen molar-refractivity contribution in [3.05, 3.63) is 40.3 Å². The fraction of sp³-hybridized carbons (Fsp3) is 0.385. The number of sulfonamides is 1. The lowest BCUT2D eigenvalue weighted by Crippen LogP contribution is -2.39. The van der Waals surface area contributed by atoms with Crippen molar-refractivity contribution in [3.8, 4) is 0 Å². The lowest BCUT2D eigenvalue weighted by Gasteiger charge is -2.15. The van der Waals surface area contributed by atoms with Gasteiger partial charge in [-0.1, -0.05) is 37.6 Å². The summed E-state index contributed by atoms with van der Waals surface area (Å²) in [6.07, 6.45) is 1.51. The minimum Gasteiger partial charge on any atom is -0.326 e. The molecule has 0 fully saturated rings. The number of benzene rings is 1. The Labute approximate surface area is 119 Å². The monoisotopic (exact) mass is 302 g/mol. The topological polar surface area (TPSA) is 72.2 Å². The van der Waals surface area contributed by atoms with Gasteiger partial charge in [0.15, 0.2) is 0 Å². The Hall–Kier alpha value is -0.880. The van der Waals surface area contributed by atoms with E-state index in [0.717, 1.165) is 11.0 Å². The van der Waals surface area contributed by atoms with Gasteiger partial charge in [-0.15, -0.1) is 0 Å². The molecule has 0 saturated heterocycles. The van der Waals surface area contributed by atoms with Gasteiger partial charge < -0.3 is 5.73 Å². The standard InChI is InChI=1S/C13H19ClN2O2S/c1-10(2)13(15)9-16-19(17,18)8-7-11-3-5-12(14)6-4-11/h3-8,10,13,16H,9,15H2,1-2H3. The van der Waals surface area contributed by atoms with Crippen molar-refractivity contribution >= 4 is 27.7 Å². The summed E-state index contributed by atoms with van der Waals surface area (Å²) in [6.45, 7) is 4.12. The second-order valence-corrected chi connectivity index (χ2v) is 6.74. The molecule has 106 valence electrons. The van der Waals surface area contributed by atoms with Crippen molar-refractivity contribution in [2.75, 3.05) is 6.54 Å². The maximum absolute atomic E-state index is 11.7. The van der Waals surface area contributed by atoms with E-state index < -0.39 is 10.0 Å². The Kier molecular flexibility index (Phi) is 6.00. The molecule has 4 nitrogen and oxygen atoms in total. The molecule has 0 radical (unpaired) electrons. The van der Waals surface area contributed by atoms with Crippen LogP contribution in [0.3, 0.4) is 0 Å². The molecule has 0 amide bonds. The van der Waals surface area contributed by atoms with Crippen LogP contribution in [-0.4, -0.2) is 21.0 Å². The molecule has 19 heavy (non-hydrogen) atoms. The molecule has 1 aromatic rings. The molecule has 1 unspecified atom stereocenters. The summed E-state index contributed by atoms with van der Waals surface area (Å²) in [7, 11) is -3.46. The summed E-state index contributed by atoms with van der Waals surface area (Å²) in [5.74, 6) is 0.225. The van der Waals surface area contributed by atoms with Crippen LogP contribution in [0.5, 0.6) is 0 Å². The van der Waals surface area contributed by atoms with E-state index in [1.807, 2.05) is 13.8 Å². The Balaban J connectivity index is 2.61. The van der Waals surface area contributed by atoms with Gasteiger partial charge in [0.25, 0.3) is 0 Å². The summed E-state index contributed by atoms with van der Waals surface area (Å²) in [6, 6.07) is 6.70. The third-order valence-corrected chi connectivity index (χ3v) is 4.00. The zero-order chi connectivity index (χ0) is 14.5. The van der Waals surface area contributed by atoms with Gasteiger partial charge in [0.2, 0.25) is 10.0 Å². The van der Waals surface area contributed by atoms with E-state index in [0.29, 0.717) is 5.02 Å². The second kappa shape index (κ2) is 7.05. The number of hydrogen-bond donors (Lipinski definition) is 2. The van der Waals surface area contributed by atoms with Gasteiger partial charge in [0.05, 0.1) is 0 Å². The number of nitrogens with two attached hydrogens (primary N) is 1. The third kappa shape index (κ3) is 6.20. The maximum Gasteiger partial charge on any atom is 0.233 e. The highest BCUT2D eigenvalue weighted by Crippen LogP contribution is 2.11. The molecule has 0 aliphatic rings. The first-order valence-electron chi connectivity index (χ1n) is 5.99. The predicted octanol–water partition coefficient (Wildman–Crippen LogP) is 2.21. The van der Waals surface area contributed by atoms with Gasteiger partial charge >= 0.3 is 0 Å². The third-order valence-electron chi connectivity index (χ3n) is 2.69. The van der Waals surface area contributed by atoms with Crippen molar-refractivity contribution in [2.24, 2.45) is 11.7 Å². The Bertz CT molecular complexity index is 524. The van der Waals surface area contributed by atoms with E-state index >= 15 is 0 Å². The van der Waals surface area contributed by atoms with E-state index in [-0.39, 0.29) is 18.5 Å². The number of halogens is 1. The van der Waals surface area contributed by atoms with Gasteiger partial charge in [-0.05, 0) is 29.7 Å². The number of rotatable bonds is 6. The molecule has 0 aliphatic heterocycles. The summed E-state index contributed by atoms with van der Waals surface area (Å²) in [4.78, 5) is 0. The molecule has 0 saturated carbocycles. The molecular formula is C13H19ClN2O2S. The Morgan fingerprint density at radius 2 is 1.89 bits per heavy atom. The van der Waals surface area contributed by atoms with Crippen LogP contribution in [0.2, 0.25) is 5.02 Å². The van der Waals surface area contributed by atoms with Crippen LogP contribution in [0, 0.1) is 5.92 Å². The molecule has 0 spiro atoms. The van der Waals surface area contributed by atoms with Crippen molar-refractivity contribution < 1.29 is 8.42 Å². The van der Waals surface area contributed by atoms with Gasteiger partial charge in [-0.25, -0.2) is 13.1 Å². The average molecular weight is 303 g/mol. The van der Waals surface area contributed by atoms with E-state index in [1.54, 1.807) is 24.3 Å². The fourth-order valence-corrected chi connectivity index (χ4v) is 2.22. The van der Waals surface area contributed by atoms with Crippen LogP contribution in [0.25, 0.3) is 6.08 Å². The van der Waals surface area contributed by atoms with Crippen LogP contribution in [0.4, 0.5) is 0 Å². The highest BCUT2D eigenvalue weighted by molar-refractivity contribution is 7.92. The summed E-state index contributed by atoms with van der Waals surface area (Å²) < 4.78 is 25.9. The molecule has 0 aromatic heterocycles. The van der Waals surface area contributed by atoms with Crippen molar-refractivity contribution in [2.45, 2.75) is 19.9 Å². The molecular weight excluding hydrogens is 284 g/mol. The minimum atomic E-state index is -3.46. The molecule has 3 N–H and O–H groups in total. The van der Waals surface area contributed by atoms with Gasteiger partial charge in [-0.3, -0.25) is 0 Å². The average Bonchev–Trinajstić information content (AvgIpc) is 2.35. The Morgan fingerprint density at radius 3 is 2.42 bits per heavy atom. The SMILES string of the molecule is CC(C)C(N)CNS(=O)(=O)C=Cc1ccc(Cl)cc1. The van der Waals surface area contributed by atoms with Gasteiger partial charge in [0.1, 0.15) is 0 Å². The van der Waals surface area contributed by atoms with Crippen molar-refractivity contribution in [3.63, 3.8) is 0 Å². The van der Waals surface area contributed by atoms with Crippen LogP contribution in [-0.2, 0) is 10.0 Å². The normalized spacial score (nSPS) is 14.2. The number of nitrogens with one attached hydrogen (secondary N) is 1. The number of hydrogen-bond acceptors (Lipinski definition) is 3. The minimum absolute atomic E-state index is 0.196. The van der Waals surface area contributed by atoms with E-state index in [4.69, 9.17) is 17.3 Å². The van der Waals surface area contributed by atoms with Gasteiger partial charge in [-0.2, -0.15) is 0 Å². The molecule has 1 aromatic carbocycles. The molecule has 0 heterocycles. The first-order chi connectivity index (χ1) is 8.80. The molecule has 6 heteroatoms. The molecule has 1 rings (SSSR count).